The van der Waals surface area contributed by atoms with Gasteiger partial charge in [0.1, 0.15) is 11.4 Å². The first-order valence-corrected chi connectivity index (χ1v) is 9.98. The molecule has 168 valence electrons. The Balaban J connectivity index is 1.75. The number of phenolic OH excluding ortho intramolecular Hbond substituents is 1. The Morgan fingerprint density at radius 2 is 1.65 bits per heavy atom. The van der Waals surface area contributed by atoms with Crippen LogP contribution in [0.3, 0.4) is 0 Å². The molecule has 0 aliphatic rings. The lowest BCUT2D eigenvalue weighted by Crippen LogP contribution is -2.13. The van der Waals surface area contributed by atoms with Gasteiger partial charge in [-0.3, -0.25) is 9.59 Å². The molecule has 4 rings (SSSR count). The molecule has 0 heterocycles. The highest BCUT2D eigenvalue weighted by molar-refractivity contribution is 6.12. The van der Waals surface area contributed by atoms with Gasteiger partial charge in [-0.25, -0.2) is 4.79 Å². The molecule has 0 unspecified atom stereocenters. The van der Waals surface area contributed by atoms with Crippen molar-refractivity contribution < 1.29 is 29.3 Å². The van der Waals surface area contributed by atoms with Crippen molar-refractivity contribution in [2.45, 2.75) is 0 Å². The number of nitrogens with zero attached hydrogens (tertiary/aromatic N) is 2. The lowest BCUT2D eigenvalue weighted by Gasteiger charge is -2.12. The number of anilines is 1. The molecule has 9 nitrogen and oxygen atoms in total. The van der Waals surface area contributed by atoms with Crippen molar-refractivity contribution in [3.63, 3.8) is 0 Å². The maximum absolute atomic E-state index is 13.1. The van der Waals surface area contributed by atoms with Crippen LogP contribution in [0.4, 0.5) is 17.1 Å². The smallest absolute Gasteiger partial charge is 0.335 e. The largest absolute Gasteiger partial charge is 0.505 e. The molecule has 4 aromatic rings. The van der Waals surface area contributed by atoms with Crippen molar-refractivity contribution >= 4 is 46.2 Å². The highest BCUT2D eigenvalue weighted by Gasteiger charge is 2.19. The van der Waals surface area contributed by atoms with Crippen molar-refractivity contribution in [2.75, 3.05) is 5.32 Å². The molecular weight excluding hydrogens is 438 g/mol. The third-order valence-corrected chi connectivity index (χ3v) is 4.86. The first-order valence-electron chi connectivity index (χ1n) is 9.98. The van der Waals surface area contributed by atoms with E-state index in [9.17, 15) is 24.6 Å². The minimum Gasteiger partial charge on any atom is -0.505 e. The molecule has 9 heteroatoms. The van der Waals surface area contributed by atoms with Crippen LogP contribution in [0.15, 0.2) is 89.1 Å². The topological polar surface area (TPSA) is 138 Å². The summed E-state index contributed by atoms with van der Waals surface area (Å²) in [5.41, 5.74) is 0.432. The van der Waals surface area contributed by atoms with E-state index in [4.69, 9.17) is 4.74 Å². The predicted octanol–water partition coefficient (Wildman–Crippen LogP) is 5.45. The Morgan fingerprint density at radius 3 is 2.38 bits per heavy atom. The molecule has 0 atom stereocenters. The van der Waals surface area contributed by atoms with E-state index in [0.29, 0.717) is 16.5 Å². The van der Waals surface area contributed by atoms with Gasteiger partial charge in [0, 0.05) is 17.1 Å². The summed E-state index contributed by atoms with van der Waals surface area (Å²) < 4.78 is 4.73. The summed E-state index contributed by atoms with van der Waals surface area (Å²) in [6.07, 6.45) is 0. The third-order valence-electron chi connectivity index (χ3n) is 4.86. The van der Waals surface area contributed by atoms with Gasteiger partial charge in [-0.1, -0.05) is 42.5 Å². The van der Waals surface area contributed by atoms with Gasteiger partial charge in [0.05, 0.1) is 16.8 Å². The zero-order valence-corrected chi connectivity index (χ0v) is 17.5. The minimum atomic E-state index is -1.27. The Bertz CT molecular complexity index is 1430. The zero-order valence-electron chi connectivity index (χ0n) is 17.5. The highest BCUT2D eigenvalue weighted by atomic mass is 16.5. The quantitative estimate of drug-likeness (QED) is 0.250. The van der Waals surface area contributed by atoms with Crippen LogP contribution in [0.2, 0.25) is 0 Å². The summed E-state index contributed by atoms with van der Waals surface area (Å²) in [4.78, 5) is 35.1. The number of ether oxygens (including phenoxy) is 1. The Kier molecular flexibility index (Phi) is 6.26. The molecule has 3 N–H and O–H groups in total. The third kappa shape index (κ3) is 4.73. The van der Waals surface area contributed by atoms with Gasteiger partial charge in [0.25, 0.3) is 12.4 Å². The highest BCUT2D eigenvalue weighted by Crippen LogP contribution is 2.39. The summed E-state index contributed by atoms with van der Waals surface area (Å²) in [5.74, 6) is -2.46. The molecule has 0 aliphatic heterocycles. The molecule has 1 amide bonds. The van der Waals surface area contributed by atoms with E-state index in [1.807, 2.05) is 6.07 Å². The average Bonchev–Trinajstić information content (AvgIpc) is 2.83. The monoisotopic (exact) mass is 455 g/mol. The average molecular weight is 455 g/mol. The van der Waals surface area contributed by atoms with Gasteiger partial charge in [0.15, 0.2) is 5.75 Å². The number of hydrogen-bond acceptors (Lipinski definition) is 7. The fourth-order valence-electron chi connectivity index (χ4n) is 3.31. The van der Waals surface area contributed by atoms with Crippen LogP contribution in [0, 0.1) is 0 Å². The van der Waals surface area contributed by atoms with Crippen molar-refractivity contribution in [3.8, 4) is 11.5 Å². The first kappa shape index (κ1) is 22.2. The maximum atomic E-state index is 13.1. The second-order valence-corrected chi connectivity index (χ2v) is 7.10. The fraction of sp³-hybridized carbons (Fsp3) is 0. The lowest BCUT2D eigenvalue weighted by atomic mass is 10.0. The minimum absolute atomic E-state index is 0.0572. The molecule has 0 bridgehead atoms. The van der Waals surface area contributed by atoms with Crippen LogP contribution in [-0.4, -0.2) is 28.6 Å². The van der Waals surface area contributed by atoms with Gasteiger partial charge >= 0.3 is 5.97 Å². The first-order chi connectivity index (χ1) is 16.5. The number of carboxylic acids is 1. The van der Waals surface area contributed by atoms with Crippen LogP contribution in [0.1, 0.15) is 20.7 Å². The molecule has 0 saturated heterocycles. The molecule has 34 heavy (non-hydrogen) atoms. The number of azo groups is 1. The number of amides is 1. The maximum Gasteiger partial charge on any atom is 0.335 e. The number of phenols is 1. The second-order valence-electron chi connectivity index (χ2n) is 7.10. The van der Waals surface area contributed by atoms with E-state index in [-0.39, 0.29) is 34.7 Å². The number of aromatic hydroxyl groups is 1. The van der Waals surface area contributed by atoms with Gasteiger partial charge in [0.2, 0.25) is 0 Å². The van der Waals surface area contributed by atoms with Crippen molar-refractivity contribution in [1.82, 2.24) is 0 Å². The lowest BCUT2D eigenvalue weighted by molar-refractivity contribution is -0.120. The molecule has 4 aromatic carbocycles. The fourth-order valence-corrected chi connectivity index (χ4v) is 3.31. The molecule has 0 aliphatic carbocycles. The zero-order chi connectivity index (χ0) is 24.1. The van der Waals surface area contributed by atoms with E-state index < -0.39 is 17.6 Å². The van der Waals surface area contributed by atoms with Crippen LogP contribution in [0.5, 0.6) is 11.5 Å². The molecule has 0 saturated carbocycles. The molecule has 0 fully saturated rings. The van der Waals surface area contributed by atoms with E-state index in [0.717, 1.165) is 6.07 Å². The number of carbonyl (C=O) groups is 3. The van der Waals surface area contributed by atoms with Crippen molar-refractivity contribution in [2.24, 2.45) is 10.2 Å². The van der Waals surface area contributed by atoms with E-state index in [2.05, 4.69) is 15.5 Å². The Morgan fingerprint density at radius 1 is 0.912 bits per heavy atom. The number of fused-ring (bicyclic) bond motifs is 1. The number of aromatic carboxylic acids is 1. The standard InChI is InChI=1S/C25H17N3O6/c29-14-34-19-11-16(25(32)33)10-18(13-19)26-24(31)21-12-15-6-4-5-9-20(15)22(23(21)30)28-27-17-7-2-1-3-8-17/h1-14,30H,(H,26,31)(H,32,33). The van der Waals surface area contributed by atoms with Crippen molar-refractivity contribution in [3.05, 3.63) is 90.0 Å². The van der Waals surface area contributed by atoms with Gasteiger partial charge in [-0.2, -0.15) is 5.11 Å². The van der Waals surface area contributed by atoms with Gasteiger partial charge in [-0.05, 0) is 35.7 Å². The Hall–Kier alpha value is -5.05. The number of carbonyl (C=O) groups excluding carboxylic acids is 2. The predicted molar refractivity (Wildman–Crippen MR) is 124 cm³/mol. The van der Waals surface area contributed by atoms with E-state index in [1.165, 1.54) is 18.2 Å². The summed E-state index contributed by atoms with van der Waals surface area (Å²) in [6, 6.07) is 21.1. The number of benzene rings is 4. The van der Waals surface area contributed by atoms with E-state index >= 15 is 0 Å². The number of rotatable bonds is 7. The SMILES string of the molecule is O=COc1cc(NC(=O)c2cc3ccccc3c(N=Nc3ccccc3)c2O)cc(C(=O)O)c1. The van der Waals surface area contributed by atoms with Gasteiger partial charge < -0.3 is 20.3 Å². The second kappa shape index (κ2) is 9.61. The molecule has 0 radical (unpaired) electrons. The number of hydrogen-bond donors (Lipinski definition) is 3. The van der Waals surface area contributed by atoms with Crippen LogP contribution in [0.25, 0.3) is 10.8 Å². The molecular formula is C25H17N3O6. The molecule has 0 spiro atoms. The van der Waals surface area contributed by atoms with Crippen LogP contribution >= 0.6 is 0 Å². The van der Waals surface area contributed by atoms with Crippen LogP contribution < -0.4 is 10.1 Å². The Labute approximate surface area is 193 Å². The van der Waals surface area contributed by atoms with E-state index in [1.54, 1.807) is 48.5 Å². The normalized spacial score (nSPS) is 10.8. The summed E-state index contributed by atoms with van der Waals surface area (Å²) in [7, 11) is 0. The van der Waals surface area contributed by atoms with Gasteiger partial charge in [-0.15, -0.1) is 5.11 Å². The summed E-state index contributed by atoms with van der Waals surface area (Å²) in [5, 5.41) is 32.3. The summed E-state index contributed by atoms with van der Waals surface area (Å²) >= 11 is 0. The molecule has 0 aromatic heterocycles. The number of nitrogens with one attached hydrogen (secondary N) is 1. The van der Waals surface area contributed by atoms with Crippen molar-refractivity contribution in [1.29, 1.82) is 0 Å². The number of carboxylic acid groups (broad SMARTS) is 1. The van der Waals surface area contributed by atoms with Crippen LogP contribution in [-0.2, 0) is 4.79 Å². The summed E-state index contributed by atoms with van der Waals surface area (Å²) in [6.45, 7) is 0.145.